The van der Waals surface area contributed by atoms with Crippen LogP contribution in [0.15, 0.2) is 42.2 Å². The van der Waals surface area contributed by atoms with E-state index < -0.39 is 0 Å². The molecule has 0 aliphatic carbocycles. The summed E-state index contributed by atoms with van der Waals surface area (Å²) in [6.07, 6.45) is 2.14. The van der Waals surface area contributed by atoms with E-state index in [2.05, 4.69) is 6.07 Å². The quantitative estimate of drug-likeness (QED) is 0.836. The zero-order valence-electron chi connectivity index (χ0n) is 11.7. The van der Waals surface area contributed by atoms with E-state index in [1.165, 1.54) is 6.20 Å². The van der Waals surface area contributed by atoms with Gasteiger partial charge in [0.2, 0.25) is 0 Å². The van der Waals surface area contributed by atoms with E-state index in [1.54, 1.807) is 12.1 Å². The van der Waals surface area contributed by atoms with Crippen molar-refractivity contribution in [2.24, 2.45) is 11.5 Å². The second-order valence-corrected chi connectivity index (χ2v) is 4.72. The highest BCUT2D eigenvalue weighted by atomic mass is 16.1. The zero-order chi connectivity index (χ0) is 15.4. The van der Waals surface area contributed by atoms with Gasteiger partial charge in [-0.15, -0.1) is 0 Å². The first-order valence-corrected chi connectivity index (χ1v) is 6.42. The Morgan fingerprint density at radius 3 is 2.57 bits per heavy atom. The lowest BCUT2D eigenvalue weighted by molar-refractivity contribution is 0.111. The Bertz CT molecular complexity index is 733. The number of carbonyl (C=O) groups is 1. The molecule has 0 unspecified atom stereocenters. The lowest BCUT2D eigenvalue weighted by atomic mass is 10.0. The predicted molar refractivity (Wildman–Crippen MR) is 81.2 cm³/mol. The van der Waals surface area contributed by atoms with Gasteiger partial charge in [0.05, 0.1) is 23.9 Å². The summed E-state index contributed by atoms with van der Waals surface area (Å²) in [6.45, 7) is 2.27. The maximum Gasteiger partial charge on any atom is 0.167 e. The first-order valence-electron chi connectivity index (χ1n) is 6.42. The molecule has 2 rings (SSSR count). The minimum atomic E-state index is 0.368. The summed E-state index contributed by atoms with van der Waals surface area (Å²) in [6, 6.07) is 11.1. The Kier molecular flexibility index (Phi) is 4.10. The number of nitrogens with zero attached hydrogens (tertiary/aromatic N) is 2. The highest BCUT2D eigenvalue weighted by Gasteiger charge is 2.14. The molecule has 0 radical (unpaired) electrons. The number of aldehydes is 1. The molecule has 1 aromatic heterocycles. The van der Waals surface area contributed by atoms with Gasteiger partial charge in [-0.05, 0) is 30.7 Å². The molecule has 0 atom stereocenters. The summed E-state index contributed by atoms with van der Waals surface area (Å²) in [4.78, 5) is 11.5. The van der Waals surface area contributed by atoms with Crippen LogP contribution in [0.3, 0.4) is 0 Å². The van der Waals surface area contributed by atoms with Crippen molar-refractivity contribution < 1.29 is 4.79 Å². The number of benzene rings is 1. The van der Waals surface area contributed by atoms with Crippen LogP contribution in [0.25, 0.3) is 11.1 Å². The Labute approximate surface area is 123 Å². The molecule has 0 amide bonds. The SMILES string of the molecule is Cc1cc(-c2ccc(C#N)cc2)c(C=O)n1C/C(N)=C/N. The van der Waals surface area contributed by atoms with Gasteiger partial charge in [0.15, 0.2) is 6.29 Å². The molecule has 4 N–H and O–H groups in total. The second-order valence-electron chi connectivity index (χ2n) is 4.72. The van der Waals surface area contributed by atoms with E-state index in [0.717, 1.165) is 23.1 Å². The number of allylic oxidation sites excluding steroid dienone is 1. The summed E-state index contributed by atoms with van der Waals surface area (Å²) in [5.41, 5.74) is 15.4. The Morgan fingerprint density at radius 2 is 2.05 bits per heavy atom. The largest absolute Gasteiger partial charge is 0.403 e. The van der Waals surface area contributed by atoms with Gasteiger partial charge >= 0.3 is 0 Å². The van der Waals surface area contributed by atoms with Crippen LogP contribution in [0, 0.1) is 18.3 Å². The van der Waals surface area contributed by atoms with Gasteiger partial charge in [-0.3, -0.25) is 4.79 Å². The molecule has 0 saturated carbocycles. The maximum atomic E-state index is 11.5. The van der Waals surface area contributed by atoms with Gasteiger partial charge < -0.3 is 16.0 Å². The fourth-order valence-electron chi connectivity index (χ4n) is 2.22. The molecule has 2 aromatic rings. The molecule has 0 bridgehead atoms. The molecule has 1 heterocycles. The van der Waals surface area contributed by atoms with Gasteiger partial charge in [0.1, 0.15) is 0 Å². The van der Waals surface area contributed by atoms with Crippen LogP contribution in [-0.4, -0.2) is 10.9 Å². The molecular formula is C16H16N4O. The monoisotopic (exact) mass is 280 g/mol. The Hall–Kier alpha value is -3.00. The van der Waals surface area contributed by atoms with Crippen molar-refractivity contribution >= 4 is 6.29 Å². The zero-order valence-corrected chi connectivity index (χ0v) is 11.7. The molecule has 0 spiro atoms. The number of aryl methyl sites for hydroxylation is 1. The fourth-order valence-corrected chi connectivity index (χ4v) is 2.22. The van der Waals surface area contributed by atoms with E-state index in [0.29, 0.717) is 23.5 Å². The lowest BCUT2D eigenvalue weighted by Crippen LogP contribution is -2.13. The molecule has 0 saturated heterocycles. The summed E-state index contributed by atoms with van der Waals surface area (Å²) in [5.74, 6) is 0. The third-order valence-electron chi connectivity index (χ3n) is 3.34. The molecular weight excluding hydrogens is 264 g/mol. The third kappa shape index (κ3) is 2.79. The average molecular weight is 280 g/mol. The molecule has 21 heavy (non-hydrogen) atoms. The number of carbonyl (C=O) groups excluding carboxylic acids is 1. The van der Waals surface area contributed by atoms with Crippen LogP contribution >= 0.6 is 0 Å². The molecule has 0 aliphatic rings. The van der Waals surface area contributed by atoms with E-state index in [4.69, 9.17) is 16.7 Å². The van der Waals surface area contributed by atoms with Crippen molar-refractivity contribution in [2.45, 2.75) is 13.5 Å². The third-order valence-corrected chi connectivity index (χ3v) is 3.34. The van der Waals surface area contributed by atoms with Crippen molar-refractivity contribution in [3.8, 4) is 17.2 Å². The van der Waals surface area contributed by atoms with Crippen LogP contribution in [-0.2, 0) is 6.54 Å². The molecule has 1 aromatic carbocycles. The van der Waals surface area contributed by atoms with Gasteiger partial charge in [-0.2, -0.15) is 5.26 Å². The van der Waals surface area contributed by atoms with Gasteiger partial charge in [-0.1, -0.05) is 12.1 Å². The highest BCUT2D eigenvalue weighted by molar-refractivity contribution is 5.86. The van der Waals surface area contributed by atoms with Crippen LogP contribution in [0.2, 0.25) is 0 Å². The minimum absolute atomic E-state index is 0.368. The van der Waals surface area contributed by atoms with Crippen molar-refractivity contribution in [3.63, 3.8) is 0 Å². The normalized spacial score (nSPS) is 11.1. The first kappa shape index (κ1) is 14.4. The maximum absolute atomic E-state index is 11.5. The minimum Gasteiger partial charge on any atom is -0.403 e. The van der Waals surface area contributed by atoms with Gasteiger partial charge in [0, 0.05) is 23.2 Å². The van der Waals surface area contributed by atoms with Crippen LogP contribution in [0.1, 0.15) is 21.7 Å². The summed E-state index contributed by atoms with van der Waals surface area (Å²) in [5, 5.41) is 8.83. The topological polar surface area (TPSA) is 97.8 Å². The number of hydrogen-bond donors (Lipinski definition) is 2. The van der Waals surface area contributed by atoms with E-state index in [9.17, 15) is 4.79 Å². The predicted octanol–water partition coefficient (Wildman–Crippen LogP) is 1.91. The van der Waals surface area contributed by atoms with E-state index >= 15 is 0 Å². The first-order chi connectivity index (χ1) is 10.1. The fraction of sp³-hybridized carbons (Fsp3) is 0.125. The molecule has 0 fully saturated rings. The van der Waals surface area contributed by atoms with Crippen molar-refractivity contribution in [2.75, 3.05) is 0 Å². The molecule has 5 nitrogen and oxygen atoms in total. The average Bonchev–Trinajstić information content (AvgIpc) is 2.83. The van der Waals surface area contributed by atoms with Crippen LogP contribution in [0.4, 0.5) is 0 Å². The highest BCUT2D eigenvalue weighted by Crippen LogP contribution is 2.27. The van der Waals surface area contributed by atoms with E-state index in [1.807, 2.05) is 29.7 Å². The van der Waals surface area contributed by atoms with Gasteiger partial charge in [0.25, 0.3) is 0 Å². The number of nitrogens with two attached hydrogens (primary N) is 2. The number of nitriles is 1. The summed E-state index contributed by atoms with van der Waals surface area (Å²) in [7, 11) is 0. The van der Waals surface area contributed by atoms with Gasteiger partial charge in [-0.25, -0.2) is 0 Å². The van der Waals surface area contributed by atoms with Crippen molar-refractivity contribution in [3.05, 3.63) is 59.2 Å². The number of aromatic nitrogens is 1. The number of rotatable bonds is 4. The number of hydrogen-bond acceptors (Lipinski definition) is 4. The Morgan fingerprint density at radius 1 is 1.38 bits per heavy atom. The van der Waals surface area contributed by atoms with Crippen LogP contribution < -0.4 is 11.5 Å². The van der Waals surface area contributed by atoms with Crippen LogP contribution in [0.5, 0.6) is 0 Å². The Balaban J connectivity index is 2.51. The van der Waals surface area contributed by atoms with Crippen molar-refractivity contribution in [1.82, 2.24) is 4.57 Å². The molecule has 106 valence electrons. The second kappa shape index (κ2) is 5.97. The molecule has 0 aliphatic heterocycles. The van der Waals surface area contributed by atoms with E-state index in [-0.39, 0.29) is 0 Å². The smallest absolute Gasteiger partial charge is 0.167 e. The van der Waals surface area contributed by atoms with Crippen molar-refractivity contribution in [1.29, 1.82) is 5.26 Å². The standard InChI is InChI=1S/C16H16N4O/c1-11-6-15(13-4-2-12(7-17)3-5-13)16(10-21)20(11)9-14(19)8-18/h2-6,8,10H,9,18-19H2,1H3/b14-8-. The summed E-state index contributed by atoms with van der Waals surface area (Å²) >= 11 is 0. The summed E-state index contributed by atoms with van der Waals surface area (Å²) < 4.78 is 1.82. The lowest BCUT2D eigenvalue weighted by Gasteiger charge is -2.09. The molecule has 5 heteroatoms.